The fourth-order valence-corrected chi connectivity index (χ4v) is 2.45. The van der Waals surface area contributed by atoms with Gasteiger partial charge in [0.05, 0.1) is 17.8 Å². The van der Waals surface area contributed by atoms with Gasteiger partial charge in [0.2, 0.25) is 0 Å². The second-order valence-electron chi connectivity index (χ2n) is 5.38. The molecule has 0 saturated carbocycles. The molecule has 0 amide bonds. The molecule has 2 aromatic carbocycles. The van der Waals surface area contributed by atoms with Crippen molar-refractivity contribution in [3.8, 4) is 11.5 Å². The summed E-state index contributed by atoms with van der Waals surface area (Å²) < 4.78 is 15.9. The maximum atomic E-state index is 12.2. The molecule has 0 heterocycles. The van der Waals surface area contributed by atoms with E-state index in [-0.39, 0.29) is 23.8 Å². The van der Waals surface area contributed by atoms with Crippen LogP contribution in [0.25, 0.3) is 0 Å². The molecule has 0 aromatic heterocycles. The van der Waals surface area contributed by atoms with E-state index in [1.165, 1.54) is 19.2 Å². The number of hydrogen-bond donors (Lipinski definition) is 1. The summed E-state index contributed by atoms with van der Waals surface area (Å²) in [6, 6.07) is 8.84. The molecule has 2 N–H and O–H groups in total. The molecule has 2 rings (SSSR count). The molecule has 0 spiro atoms. The molecule has 0 radical (unpaired) electrons. The first-order chi connectivity index (χ1) is 11.4. The molecule has 0 unspecified atom stereocenters. The Labute approximate surface area is 146 Å². The van der Waals surface area contributed by atoms with Crippen molar-refractivity contribution >= 4 is 23.3 Å². The summed E-state index contributed by atoms with van der Waals surface area (Å²) in [6.45, 7) is 4.35. The molecule has 24 heavy (non-hydrogen) atoms. The highest BCUT2D eigenvalue weighted by Gasteiger charge is 2.16. The molecule has 0 aliphatic rings. The van der Waals surface area contributed by atoms with Gasteiger partial charge in [-0.3, -0.25) is 0 Å². The Balaban J connectivity index is 1.93. The zero-order valence-electron chi connectivity index (χ0n) is 13.9. The third kappa shape index (κ3) is 4.55. The minimum Gasteiger partial charge on any atom is -0.496 e. The number of ether oxygens (including phenoxy) is 3. The predicted octanol–water partition coefficient (Wildman–Crippen LogP) is 3.78. The Hall–Kier alpha value is -2.40. The SMILES string of the molecule is COc1cc(N)c(Cl)cc1C(=O)OCCOc1cc(C)cc(C)c1. The first kappa shape index (κ1) is 17.9. The topological polar surface area (TPSA) is 70.8 Å². The number of nitrogen functional groups attached to an aromatic ring is 1. The number of anilines is 1. The number of nitrogens with two attached hydrogens (primary N) is 1. The molecule has 6 heteroatoms. The minimum atomic E-state index is -0.544. The largest absolute Gasteiger partial charge is 0.496 e. The number of carbonyl (C=O) groups excluding carboxylic acids is 1. The van der Waals surface area contributed by atoms with Crippen molar-refractivity contribution in [1.29, 1.82) is 0 Å². The van der Waals surface area contributed by atoms with E-state index in [1.807, 2.05) is 26.0 Å². The van der Waals surface area contributed by atoms with E-state index in [4.69, 9.17) is 31.5 Å². The normalized spacial score (nSPS) is 10.3. The first-order valence-electron chi connectivity index (χ1n) is 7.42. The van der Waals surface area contributed by atoms with Crippen molar-refractivity contribution in [2.45, 2.75) is 13.8 Å². The molecule has 0 bridgehead atoms. The number of esters is 1. The van der Waals surface area contributed by atoms with Crippen LogP contribution >= 0.6 is 11.6 Å². The van der Waals surface area contributed by atoms with Crippen LogP contribution in [0.3, 0.4) is 0 Å². The van der Waals surface area contributed by atoms with Gasteiger partial charge in [0.25, 0.3) is 0 Å². The average molecular weight is 350 g/mol. The summed E-state index contributed by atoms with van der Waals surface area (Å²) in [6.07, 6.45) is 0. The van der Waals surface area contributed by atoms with Gasteiger partial charge in [0.1, 0.15) is 30.3 Å². The molecular weight excluding hydrogens is 330 g/mol. The van der Waals surface area contributed by atoms with Crippen LogP contribution in [0.15, 0.2) is 30.3 Å². The number of methoxy groups -OCH3 is 1. The number of halogens is 1. The number of carbonyl (C=O) groups is 1. The van der Waals surface area contributed by atoms with Gasteiger partial charge < -0.3 is 19.9 Å². The van der Waals surface area contributed by atoms with Crippen LogP contribution in [0.5, 0.6) is 11.5 Å². The van der Waals surface area contributed by atoms with Crippen LogP contribution in [-0.4, -0.2) is 26.3 Å². The monoisotopic (exact) mass is 349 g/mol. The molecule has 2 aromatic rings. The van der Waals surface area contributed by atoms with Crippen molar-refractivity contribution in [1.82, 2.24) is 0 Å². The van der Waals surface area contributed by atoms with Gasteiger partial charge in [0.15, 0.2) is 0 Å². The van der Waals surface area contributed by atoms with Crippen LogP contribution in [0.1, 0.15) is 21.5 Å². The Morgan fingerprint density at radius 1 is 1.08 bits per heavy atom. The van der Waals surface area contributed by atoms with E-state index in [0.29, 0.717) is 11.4 Å². The summed E-state index contributed by atoms with van der Waals surface area (Å²) in [7, 11) is 1.45. The van der Waals surface area contributed by atoms with Crippen LogP contribution in [0, 0.1) is 13.8 Å². The molecular formula is C18H20ClNO4. The number of aryl methyl sites for hydroxylation is 2. The van der Waals surface area contributed by atoms with Gasteiger partial charge in [-0.2, -0.15) is 0 Å². The van der Waals surface area contributed by atoms with Crippen molar-refractivity contribution < 1.29 is 19.0 Å². The smallest absolute Gasteiger partial charge is 0.342 e. The van der Waals surface area contributed by atoms with Crippen LogP contribution in [0.2, 0.25) is 5.02 Å². The number of benzene rings is 2. The summed E-state index contributed by atoms with van der Waals surface area (Å²) in [5, 5.41) is 0.272. The van der Waals surface area contributed by atoms with Gasteiger partial charge in [0, 0.05) is 6.07 Å². The lowest BCUT2D eigenvalue weighted by atomic mass is 10.1. The van der Waals surface area contributed by atoms with Gasteiger partial charge in [-0.05, 0) is 43.2 Å². The van der Waals surface area contributed by atoms with Crippen molar-refractivity contribution in [2.75, 3.05) is 26.1 Å². The van der Waals surface area contributed by atoms with Crippen molar-refractivity contribution in [2.24, 2.45) is 0 Å². The maximum Gasteiger partial charge on any atom is 0.342 e. The lowest BCUT2D eigenvalue weighted by Crippen LogP contribution is -2.13. The summed E-state index contributed by atoms with van der Waals surface area (Å²) >= 11 is 5.94. The first-order valence-corrected chi connectivity index (χ1v) is 7.79. The fraction of sp³-hybridized carbons (Fsp3) is 0.278. The standard InChI is InChI=1S/C18H20ClNO4/c1-11-6-12(2)8-13(7-11)23-4-5-24-18(21)14-9-15(19)16(20)10-17(14)22-3/h6-10H,4-5,20H2,1-3H3. The molecule has 128 valence electrons. The van der Waals surface area contributed by atoms with E-state index in [0.717, 1.165) is 16.9 Å². The van der Waals surface area contributed by atoms with E-state index in [9.17, 15) is 4.79 Å². The number of rotatable bonds is 6. The van der Waals surface area contributed by atoms with E-state index >= 15 is 0 Å². The highest BCUT2D eigenvalue weighted by atomic mass is 35.5. The third-order valence-corrected chi connectivity index (χ3v) is 3.65. The zero-order chi connectivity index (χ0) is 17.7. The quantitative estimate of drug-likeness (QED) is 0.488. The van der Waals surface area contributed by atoms with Crippen LogP contribution in [0.4, 0.5) is 5.69 Å². The molecule has 5 nitrogen and oxygen atoms in total. The van der Waals surface area contributed by atoms with Gasteiger partial charge >= 0.3 is 5.97 Å². The maximum absolute atomic E-state index is 12.2. The summed E-state index contributed by atoms with van der Waals surface area (Å²) in [4.78, 5) is 12.2. The molecule has 0 saturated heterocycles. The molecule has 0 atom stereocenters. The Bertz CT molecular complexity index is 726. The molecule has 0 fully saturated rings. The van der Waals surface area contributed by atoms with E-state index < -0.39 is 5.97 Å². The van der Waals surface area contributed by atoms with Gasteiger partial charge in [-0.15, -0.1) is 0 Å². The lowest BCUT2D eigenvalue weighted by molar-refractivity contribution is 0.0447. The predicted molar refractivity (Wildman–Crippen MR) is 94.1 cm³/mol. The zero-order valence-corrected chi connectivity index (χ0v) is 14.6. The van der Waals surface area contributed by atoms with E-state index in [1.54, 1.807) is 0 Å². The fourth-order valence-electron chi connectivity index (χ4n) is 2.29. The second-order valence-corrected chi connectivity index (χ2v) is 5.79. The lowest BCUT2D eigenvalue weighted by Gasteiger charge is -2.11. The van der Waals surface area contributed by atoms with Crippen LogP contribution < -0.4 is 15.2 Å². The van der Waals surface area contributed by atoms with E-state index in [2.05, 4.69) is 6.07 Å². The van der Waals surface area contributed by atoms with Gasteiger partial charge in [-0.1, -0.05) is 17.7 Å². The Morgan fingerprint density at radius 3 is 2.38 bits per heavy atom. The summed E-state index contributed by atoms with van der Waals surface area (Å²) in [5.41, 5.74) is 8.48. The number of hydrogen-bond acceptors (Lipinski definition) is 5. The average Bonchev–Trinajstić information content (AvgIpc) is 2.52. The Morgan fingerprint density at radius 2 is 1.75 bits per heavy atom. The second kappa shape index (κ2) is 7.93. The van der Waals surface area contributed by atoms with Crippen molar-refractivity contribution in [3.05, 3.63) is 52.0 Å². The summed E-state index contributed by atoms with van der Waals surface area (Å²) in [5.74, 6) is 0.520. The highest BCUT2D eigenvalue weighted by Crippen LogP contribution is 2.29. The minimum absolute atomic E-state index is 0.108. The third-order valence-electron chi connectivity index (χ3n) is 3.32. The van der Waals surface area contributed by atoms with Crippen molar-refractivity contribution in [3.63, 3.8) is 0 Å². The highest BCUT2D eigenvalue weighted by molar-refractivity contribution is 6.33. The molecule has 0 aliphatic heterocycles. The Kier molecular flexibility index (Phi) is 5.93. The molecule has 0 aliphatic carbocycles. The van der Waals surface area contributed by atoms with Crippen LogP contribution in [-0.2, 0) is 4.74 Å². The van der Waals surface area contributed by atoms with Gasteiger partial charge in [-0.25, -0.2) is 4.79 Å².